The highest BCUT2D eigenvalue weighted by Gasteiger charge is 2.10. The van der Waals surface area contributed by atoms with E-state index >= 15 is 0 Å². The first-order chi connectivity index (χ1) is 12.4. The summed E-state index contributed by atoms with van der Waals surface area (Å²) in [5.41, 5.74) is 2.02. The zero-order valence-electron chi connectivity index (χ0n) is 15.4. The number of esters is 1. The smallest absolute Gasteiger partial charge is 0.339 e. The number of carbonyl (C=O) groups is 2. The summed E-state index contributed by atoms with van der Waals surface area (Å²) in [7, 11) is 4.72. The second-order valence-electron chi connectivity index (χ2n) is 5.90. The third kappa shape index (κ3) is 5.20. The summed E-state index contributed by atoms with van der Waals surface area (Å²) >= 11 is 0. The molecule has 0 saturated heterocycles. The van der Waals surface area contributed by atoms with Crippen molar-refractivity contribution in [2.75, 3.05) is 33.1 Å². The third-order valence-electron chi connectivity index (χ3n) is 3.72. The Labute approximate surface area is 152 Å². The minimum absolute atomic E-state index is 0.000375. The summed E-state index contributed by atoms with van der Waals surface area (Å²) in [6.07, 6.45) is 0. The van der Waals surface area contributed by atoms with Gasteiger partial charge in [0.2, 0.25) is 0 Å². The molecular weight excluding hydrogens is 334 g/mol. The van der Waals surface area contributed by atoms with Gasteiger partial charge in [-0.05, 0) is 36.8 Å². The Morgan fingerprint density at radius 3 is 2.62 bits per heavy atom. The molecule has 2 aromatic rings. The van der Waals surface area contributed by atoms with Gasteiger partial charge in [0.15, 0.2) is 6.61 Å². The van der Waals surface area contributed by atoms with Gasteiger partial charge in [0, 0.05) is 20.6 Å². The number of rotatable bonds is 7. The highest BCUT2D eigenvalue weighted by atomic mass is 16.5. The molecule has 0 aliphatic rings. The first-order valence-electron chi connectivity index (χ1n) is 8.12. The van der Waals surface area contributed by atoms with E-state index in [4.69, 9.17) is 9.47 Å². The van der Waals surface area contributed by atoms with Gasteiger partial charge in [-0.25, -0.2) is 9.78 Å². The number of amides is 1. The topological polar surface area (TPSA) is 80.8 Å². The van der Waals surface area contributed by atoms with Crippen LogP contribution in [-0.2, 0) is 16.1 Å². The van der Waals surface area contributed by atoms with Crippen molar-refractivity contribution in [3.8, 4) is 5.75 Å². The van der Waals surface area contributed by atoms with E-state index in [0.29, 0.717) is 29.4 Å². The second kappa shape index (κ2) is 8.84. The summed E-state index contributed by atoms with van der Waals surface area (Å²) in [5, 5.41) is 3.20. The monoisotopic (exact) mass is 357 g/mol. The van der Waals surface area contributed by atoms with Crippen LogP contribution >= 0.6 is 0 Å². The van der Waals surface area contributed by atoms with Gasteiger partial charge >= 0.3 is 5.97 Å². The summed E-state index contributed by atoms with van der Waals surface area (Å²) in [5.74, 6) is 0.784. The van der Waals surface area contributed by atoms with E-state index in [0.717, 1.165) is 5.56 Å². The molecule has 0 bridgehead atoms. The molecule has 0 saturated carbocycles. The number of aromatic nitrogens is 1. The Hall–Kier alpha value is -3.09. The molecule has 138 valence electrons. The van der Waals surface area contributed by atoms with Crippen LogP contribution in [0.4, 0.5) is 5.82 Å². The van der Waals surface area contributed by atoms with Crippen LogP contribution in [0.1, 0.15) is 21.6 Å². The van der Waals surface area contributed by atoms with Crippen LogP contribution in [0.3, 0.4) is 0 Å². The van der Waals surface area contributed by atoms with E-state index in [9.17, 15) is 9.59 Å². The predicted molar refractivity (Wildman–Crippen MR) is 98.3 cm³/mol. The summed E-state index contributed by atoms with van der Waals surface area (Å²) in [6, 6.07) is 10.9. The van der Waals surface area contributed by atoms with E-state index in [-0.39, 0.29) is 12.5 Å². The van der Waals surface area contributed by atoms with Crippen LogP contribution in [0.2, 0.25) is 0 Å². The summed E-state index contributed by atoms with van der Waals surface area (Å²) in [4.78, 5) is 29.0. The molecule has 0 aliphatic heterocycles. The first-order valence-corrected chi connectivity index (χ1v) is 8.12. The quantitative estimate of drug-likeness (QED) is 0.766. The molecule has 2 rings (SSSR count). The maximum atomic E-state index is 11.6. The van der Waals surface area contributed by atoms with Gasteiger partial charge in [-0.1, -0.05) is 12.1 Å². The highest BCUT2D eigenvalue weighted by molar-refractivity contribution is 5.90. The molecule has 0 radical (unpaired) electrons. The third-order valence-corrected chi connectivity index (χ3v) is 3.72. The Morgan fingerprint density at radius 1 is 1.19 bits per heavy atom. The van der Waals surface area contributed by atoms with E-state index in [1.165, 1.54) is 12.0 Å². The van der Waals surface area contributed by atoms with Crippen LogP contribution < -0.4 is 10.1 Å². The van der Waals surface area contributed by atoms with Gasteiger partial charge in [0.25, 0.3) is 5.91 Å². The van der Waals surface area contributed by atoms with Crippen molar-refractivity contribution in [2.24, 2.45) is 0 Å². The molecule has 1 amide bonds. The zero-order valence-corrected chi connectivity index (χ0v) is 15.4. The Balaban J connectivity index is 1.97. The molecule has 7 heteroatoms. The largest absolute Gasteiger partial charge is 0.484 e. The highest BCUT2D eigenvalue weighted by Crippen LogP contribution is 2.16. The fourth-order valence-electron chi connectivity index (χ4n) is 2.20. The molecule has 1 aromatic carbocycles. The van der Waals surface area contributed by atoms with E-state index in [1.807, 2.05) is 18.2 Å². The number of likely N-dealkylation sites (N-methyl/N-ethyl adjacent to an activating group) is 1. The lowest BCUT2D eigenvalue weighted by molar-refractivity contribution is -0.130. The molecule has 7 nitrogen and oxygen atoms in total. The minimum Gasteiger partial charge on any atom is -0.484 e. The van der Waals surface area contributed by atoms with Gasteiger partial charge < -0.3 is 19.7 Å². The molecule has 1 heterocycles. The van der Waals surface area contributed by atoms with Crippen LogP contribution in [0.5, 0.6) is 5.75 Å². The molecule has 0 fully saturated rings. The normalized spacial score (nSPS) is 10.2. The van der Waals surface area contributed by atoms with Crippen molar-refractivity contribution >= 4 is 17.7 Å². The molecule has 26 heavy (non-hydrogen) atoms. The van der Waals surface area contributed by atoms with Crippen LogP contribution in [0.25, 0.3) is 0 Å². The number of nitrogens with zero attached hydrogens (tertiary/aromatic N) is 2. The maximum absolute atomic E-state index is 11.6. The average molecular weight is 357 g/mol. The van der Waals surface area contributed by atoms with Gasteiger partial charge in [-0.3, -0.25) is 4.79 Å². The minimum atomic E-state index is -0.404. The summed E-state index contributed by atoms with van der Waals surface area (Å²) < 4.78 is 10.2. The SMILES string of the molecule is COC(=O)c1ccc(NCc2cccc(OCC(=O)N(C)C)c2)nc1C. The van der Waals surface area contributed by atoms with Crippen LogP contribution in [0, 0.1) is 6.92 Å². The molecule has 1 aromatic heterocycles. The molecular formula is C19H23N3O4. The van der Waals surface area contributed by atoms with Crippen LogP contribution in [-0.4, -0.2) is 49.6 Å². The first kappa shape index (κ1) is 19.2. The number of nitrogens with one attached hydrogen (secondary N) is 1. The molecule has 0 spiro atoms. The lowest BCUT2D eigenvalue weighted by Gasteiger charge is -2.12. The van der Waals surface area contributed by atoms with Crippen molar-refractivity contribution in [3.05, 3.63) is 53.2 Å². The van der Waals surface area contributed by atoms with Gasteiger partial charge in [-0.2, -0.15) is 0 Å². The van der Waals surface area contributed by atoms with Crippen molar-refractivity contribution < 1.29 is 19.1 Å². The van der Waals surface area contributed by atoms with Crippen molar-refractivity contribution in [2.45, 2.75) is 13.5 Å². The molecule has 0 aliphatic carbocycles. The molecule has 1 N–H and O–H groups in total. The zero-order chi connectivity index (χ0) is 19.1. The van der Waals surface area contributed by atoms with Crippen molar-refractivity contribution in [3.63, 3.8) is 0 Å². The van der Waals surface area contributed by atoms with E-state index in [1.54, 1.807) is 39.2 Å². The fourth-order valence-corrected chi connectivity index (χ4v) is 2.20. The number of anilines is 1. The Morgan fingerprint density at radius 2 is 1.96 bits per heavy atom. The lowest BCUT2D eigenvalue weighted by atomic mass is 10.2. The standard InChI is InChI=1S/C19H23N3O4/c1-13-16(19(24)25-4)8-9-17(21-13)20-11-14-6-5-7-15(10-14)26-12-18(23)22(2)3/h5-10H,11-12H2,1-4H3,(H,20,21). The fraction of sp³-hybridized carbons (Fsp3) is 0.316. The average Bonchev–Trinajstić information content (AvgIpc) is 2.64. The van der Waals surface area contributed by atoms with Crippen molar-refractivity contribution in [1.29, 1.82) is 0 Å². The number of hydrogen-bond acceptors (Lipinski definition) is 6. The van der Waals surface area contributed by atoms with Crippen molar-refractivity contribution in [1.82, 2.24) is 9.88 Å². The number of pyridine rings is 1. The maximum Gasteiger partial charge on any atom is 0.339 e. The molecule has 0 atom stereocenters. The number of ether oxygens (including phenoxy) is 2. The Kier molecular flexibility index (Phi) is 6.54. The molecule has 0 unspecified atom stereocenters. The number of hydrogen-bond donors (Lipinski definition) is 1. The number of aryl methyl sites for hydroxylation is 1. The predicted octanol–water partition coefficient (Wildman–Crippen LogP) is 2.26. The van der Waals surface area contributed by atoms with E-state index in [2.05, 4.69) is 10.3 Å². The second-order valence-corrected chi connectivity index (χ2v) is 5.90. The van der Waals surface area contributed by atoms with Gasteiger partial charge in [-0.15, -0.1) is 0 Å². The Bertz CT molecular complexity index is 790. The number of benzene rings is 1. The number of methoxy groups -OCH3 is 1. The van der Waals surface area contributed by atoms with E-state index < -0.39 is 5.97 Å². The van der Waals surface area contributed by atoms with Crippen LogP contribution in [0.15, 0.2) is 36.4 Å². The van der Waals surface area contributed by atoms with Gasteiger partial charge in [0.05, 0.1) is 18.4 Å². The van der Waals surface area contributed by atoms with Gasteiger partial charge in [0.1, 0.15) is 11.6 Å². The number of carbonyl (C=O) groups excluding carboxylic acids is 2. The summed E-state index contributed by atoms with van der Waals surface area (Å²) in [6.45, 7) is 2.29. The lowest BCUT2D eigenvalue weighted by Crippen LogP contribution is -2.27.